The molecule has 0 aliphatic carbocycles. The predicted molar refractivity (Wildman–Crippen MR) is 152 cm³/mol. The first-order valence-corrected chi connectivity index (χ1v) is 15.3. The summed E-state index contributed by atoms with van der Waals surface area (Å²) < 4.78 is 12.0. The maximum Gasteiger partial charge on any atom is 0.123 e. The molecule has 35 heavy (non-hydrogen) atoms. The minimum Gasteiger partial charge on any atom is -0.493 e. The summed E-state index contributed by atoms with van der Waals surface area (Å²) in [4.78, 5) is 0. The molecule has 0 fully saturated rings. The van der Waals surface area contributed by atoms with Crippen LogP contribution in [0.5, 0.6) is 11.5 Å². The van der Waals surface area contributed by atoms with Crippen LogP contribution in [0, 0.1) is 0 Å². The molecule has 0 radical (unpaired) electrons. The third-order valence-electron chi connectivity index (χ3n) is 6.91. The molecule has 0 bridgehead atoms. The lowest BCUT2D eigenvalue weighted by Crippen LogP contribution is -2.01. The summed E-state index contributed by atoms with van der Waals surface area (Å²) in [6.45, 7) is 6.05. The molecule has 0 aromatic heterocycles. The quantitative estimate of drug-likeness (QED) is 0.131. The topological polar surface area (TPSA) is 38.7 Å². The van der Waals surface area contributed by atoms with Crippen molar-refractivity contribution in [2.24, 2.45) is 0 Å². The Morgan fingerprint density at radius 2 is 0.771 bits per heavy atom. The van der Waals surface area contributed by atoms with Crippen LogP contribution in [0.15, 0.2) is 18.2 Å². The van der Waals surface area contributed by atoms with Crippen LogP contribution in [0.3, 0.4) is 0 Å². The van der Waals surface area contributed by atoms with Gasteiger partial charge in [0.15, 0.2) is 0 Å². The van der Waals surface area contributed by atoms with Crippen LogP contribution in [0.25, 0.3) is 0 Å². The SMILES string of the molecule is CCCCCCCCCCCCCCOc1cc(CO)cc(OCCCCCCCCCCC)c1. The smallest absolute Gasteiger partial charge is 0.123 e. The first-order valence-electron chi connectivity index (χ1n) is 15.3. The Morgan fingerprint density at radius 3 is 1.09 bits per heavy atom. The number of unbranched alkanes of at least 4 members (excludes halogenated alkanes) is 19. The summed E-state index contributed by atoms with van der Waals surface area (Å²) in [5.41, 5.74) is 0.860. The maximum atomic E-state index is 9.61. The van der Waals surface area contributed by atoms with Crippen molar-refractivity contribution < 1.29 is 14.6 Å². The van der Waals surface area contributed by atoms with E-state index in [-0.39, 0.29) is 6.61 Å². The molecule has 1 aromatic carbocycles. The van der Waals surface area contributed by atoms with Crippen molar-refractivity contribution in [2.75, 3.05) is 13.2 Å². The van der Waals surface area contributed by atoms with Crippen molar-refractivity contribution in [3.63, 3.8) is 0 Å². The normalized spacial score (nSPS) is 11.2. The fraction of sp³-hybridized carbons (Fsp3) is 0.812. The van der Waals surface area contributed by atoms with Gasteiger partial charge >= 0.3 is 0 Å². The number of ether oxygens (including phenoxy) is 2. The molecular weight excluding hydrogens is 432 g/mol. The molecule has 0 aliphatic heterocycles. The van der Waals surface area contributed by atoms with E-state index in [1.54, 1.807) is 0 Å². The minimum atomic E-state index is 0.0181. The van der Waals surface area contributed by atoms with Gasteiger partial charge in [-0.05, 0) is 30.5 Å². The Kier molecular flexibility index (Phi) is 22.2. The van der Waals surface area contributed by atoms with Gasteiger partial charge in [0.25, 0.3) is 0 Å². The Balaban J connectivity index is 2.07. The third-order valence-corrected chi connectivity index (χ3v) is 6.91. The van der Waals surface area contributed by atoms with E-state index in [0.29, 0.717) is 0 Å². The van der Waals surface area contributed by atoms with E-state index in [1.807, 2.05) is 18.2 Å². The van der Waals surface area contributed by atoms with Crippen LogP contribution < -0.4 is 9.47 Å². The molecule has 0 saturated heterocycles. The summed E-state index contributed by atoms with van der Waals surface area (Å²) >= 11 is 0. The van der Waals surface area contributed by atoms with E-state index in [1.165, 1.54) is 122 Å². The lowest BCUT2D eigenvalue weighted by atomic mass is 10.1. The first kappa shape index (κ1) is 31.8. The van der Waals surface area contributed by atoms with Crippen molar-refractivity contribution in [3.8, 4) is 11.5 Å². The van der Waals surface area contributed by atoms with Gasteiger partial charge in [-0.3, -0.25) is 0 Å². The first-order chi connectivity index (χ1) is 17.3. The second-order valence-electron chi connectivity index (χ2n) is 10.4. The molecule has 1 aromatic rings. The van der Waals surface area contributed by atoms with Crippen molar-refractivity contribution in [1.29, 1.82) is 0 Å². The maximum absolute atomic E-state index is 9.61. The predicted octanol–water partition coefficient (Wildman–Crippen LogP) is 10.2. The van der Waals surface area contributed by atoms with Gasteiger partial charge in [0, 0.05) is 6.07 Å². The Labute approximate surface area is 218 Å². The van der Waals surface area contributed by atoms with Gasteiger partial charge < -0.3 is 14.6 Å². The summed E-state index contributed by atoms with van der Waals surface area (Å²) in [6.07, 6.45) is 28.0. The van der Waals surface area contributed by atoms with Crippen LogP contribution in [0.2, 0.25) is 0 Å². The Morgan fingerprint density at radius 1 is 0.457 bits per heavy atom. The molecule has 1 rings (SSSR count). The van der Waals surface area contributed by atoms with Gasteiger partial charge in [-0.2, -0.15) is 0 Å². The van der Waals surface area contributed by atoms with Crippen LogP contribution in [-0.4, -0.2) is 18.3 Å². The van der Waals surface area contributed by atoms with Gasteiger partial charge in [0.2, 0.25) is 0 Å². The molecule has 0 unspecified atom stereocenters. The Bertz CT molecular complexity index is 572. The van der Waals surface area contributed by atoms with Crippen molar-refractivity contribution in [2.45, 2.75) is 155 Å². The van der Waals surface area contributed by atoms with Crippen LogP contribution in [0.4, 0.5) is 0 Å². The second-order valence-corrected chi connectivity index (χ2v) is 10.4. The van der Waals surface area contributed by atoms with Gasteiger partial charge in [-0.15, -0.1) is 0 Å². The van der Waals surface area contributed by atoms with E-state index >= 15 is 0 Å². The molecule has 204 valence electrons. The number of hydrogen-bond donors (Lipinski definition) is 1. The average molecular weight is 491 g/mol. The van der Waals surface area contributed by atoms with Gasteiger partial charge in [-0.1, -0.05) is 136 Å². The largest absolute Gasteiger partial charge is 0.493 e. The molecule has 0 aliphatic rings. The zero-order valence-corrected chi connectivity index (χ0v) is 23.5. The molecule has 0 saturated carbocycles. The van der Waals surface area contributed by atoms with Crippen molar-refractivity contribution >= 4 is 0 Å². The number of rotatable bonds is 26. The summed E-state index contributed by atoms with van der Waals surface area (Å²) in [7, 11) is 0. The monoisotopic (exact) mass is 490 g/mol. The second kappa shape index (κ2) is 24.5. The van der Waals surface area contributed by atoms with Gasteiger partial charge in [0.05, 0.1) is 19.8 Å². The number of hydrogen-bond acceptors (Lipinski definition) is 3. The van der Waals surface area contributed by atoms with Crippen LogP contribution in [0.1, 0.15) is 154 Å². The fourth-order valence-electron chi connectivity index (χ4n) is 4.62. The number of aliphatic hydroxyl groups excluding tert-OH is 1. The highest BCUT2D eigenvalue weighted by Gasteiger charge is 2.04. The van der Waals surface area contributed by atoms with E-state index in [2.05, 4.69) is 13.8 Å². The van der Waals surface area contributed by atoms with Crippen molar-refractivity contribution in [3.05, 3.63) is 23.8 Å². The van der Waals surface area contributed by atoms with Crippen LogP contribution >= 0.6 is 0 Å². The van der Waals surface area contributed by atoms with Crippen LogP contribution in [-0.2, 0) is 6.61 Å². The minimum absolute atomic E-state index is 0.0181. The van der Waals surface area contributed by atoms with E-state index in [0.717, 1.165) is 43.1 Å². The highest BCUT2D eigenvalue weighted by Crippen LogP contribution is 2.24. The van der Waals surface area contributed by atoms with Gasteiger partial charge in [-0.25, -0.2) is 0 Å². The highest BCUT2D eigenvalue weighted by atomic mass is 16.5. The molecule has 0 amide bonds. The lowest BCUT2D eigenvalue weighted by molar-refractivity contribution is 0.271. The molecule has 0 spiro atoms. The summed E-state index contributed by atoms with van der Waals surface area (Å²) in [5, 5.41) is 9.61. The molecule has 0 heterocycles. The third kappa shape index (κ3) is 19.6. The van der Waals surface area contributed by atoms with E-state index in [9.17, 15) is 5.11 Å². The number of aliphatic hydroxyl groups is 1. The zero-order chi connectivity index (χ0) is 25.2. The fourth-order valence-corrected chi connectivity index (χ4v) is 4.62. The standard InChI is InChI=1S/C32H58O3/c1-3-5-7-9-11-13-14-15-17-19-21-23-25-35-32-27-30(29-33)26-31(28-32)34-24-22-20-18-16-12-10-8-6-4-2/h26-28,33H,3-25,29H2,1-2H3. The Hall–Kier alpha value is -1.22. The van der Waals surface area contributed by atoms with Gasteiger partial charge in [0.1, 0.15) is 11.5 Å². The zero-order valence-electron chi connectivity index (χ0n) is 23.5. The van der Waals surface area contributed by atoms with E-state index in [4.69, 9.17) is 9.47 Å². The van der Waals surface area contributed by atoms with E-state index < -0.39 is 0 Å². The number of benzene rings is 1. The lowest BCUT2D eigenvalue weighted by Gasteiger charge is -2.12. The molecule has 0 atom stereocenters. The average Bonchev–Trinajstić information content (AvgIpc) is 2.87. The van der Waals surface area contributed by atoms with Crippen molar-refractivity contribution in [1.82, 2.24) is 0 Å². The molecule has 3 nitrogen and oxygen atoms in total. The highest BCUT2D eigenvalue weighted by molar-refractivity contribution is 5.38. The molecule has 3 heteroatoms. The summed E-state index contributed by atoms with van der Waals surface area (Å²) in [6, 6.07) is 5.85. The molecular formula is C32H58O3. The molecule has 1 N–H and O–H groups in total. The summed E-state index contributed by atoms with van der Waals surface area (Å²) in [5.74, 6) is 1.64.